The Labute approximate surface area is 116 Å². The van der Waals surface area contributed by atoms with Crippen molar-refractivity contribution in [3.05, 3.63) is 33.9 Å². The van der Waals surface area contributed by atoms with Gasteiger partial charge in [-0.3, -0.25) is 10.1 Å². The molecule has 0 aliphatic rings. The van der Waals surface area contributed by atoms with Gasteiger partial charge < -0.3 is 15.2 Å². The summed E-state index contributed by atoms with van der Waals surface area (Å²) in [5.41, 5.74) is -0.334. The summed E-state index contributed by atoms with van der Waals surface area (Å²) in [5.74, 6) is -1.20. The van der Waals surface area contributed by atoms with Gasteiger partial charge in [-0.05, 0) is 12.5 Å². The molecule has 0 bridgehead atoms. The quantitative estimate of drug-likeness (QED) is 0.561. The molecule has 0 aliphatic heterocycles. The van der Waals surface area contributed by atoms with E-state index < -0.39 is 10.9 Å². The molecular formula is C13H18N2O5. The maximum Gasteiger partial charge on any atom is 0.338 e. The molecular weight excluding hydrogens is 264 g/mol. The molecule has 1 aromatic rings. The second kappa shape index (κ2) is 7.44. The Bertz CT molecular complexity index is 451. The van der Waals surface area contributed by atoms with Crippen molar-refractivity contribution in [1.82, 2.24) is 0 Å². The number of carboxylic acids is 1. The number of ether oxygens (including phenoxy) is 1. The number of nitro groups is 1. The third kappa shape index (κ3) is 3.92. The zero-order valence-corrected chi connectivity index (χ0v) is 11.5. The first-order valence-corrected chi connectivity index (χ1v) is 6.27. The zero-order chi connectivity index (χ0) is 15.1. The summed E-state index contributed by atoms with van der Waals surface area (Å²) in [5, 5.41) is 23.1. The molecule has 7 nitrogen and oxygen atoms in total. The van der Waals surface area contributed by atoms with Gasteiger partial charge in [0.25, 0.3) is 5.69 Å². The number of carboxylic acid groups (broad SMARTS) is 1. The van der Waals surface area contributed by atoms with Gasteiger partial charge >= 0.3 is 5.97 Å². The number of nitro benzene ring substituents is 1. The summed E-state index contributed by atoms with van der Waals surface area (Å²) in [6.45, 7) is 2.32. The van der Waals surface area contributed by atoms with Crippen LogP contribution in [0.2, 0.25) is 0 Å². The maximum absolute atomic E-state index is 11.2. The van der Waals surface area contributed by atoms with E-state index in [0.717, 1.165) is 12.8 Å². The van der Waals surface area contributed by atoms with Crippen LogP contribution in [-0.4, -0.2) is 35.8 Å². The molecule has 0 radical (unpaired) electrons. The minimum absolute atomic E-state index is 0.0282. The van der Waals surface area contributed by atoms with Crippen LogP contribution in [0.5, 0.6) is 0 Å². The number of hydrogen-bond acceptors (Lipinski definition) is 5. The molecule has 1 unspecified atom stereocenters. The topological polar surface area (TPSA) is 102 Å². The molecule has 0 fully saturated rings. The van der Waals surface area contributed by atoms with Gasteiger partial charge in [-0.25, -0.2) is 4.79 Å². The molecule has 0 heterocycles. The van der Waals surface area contributed by atoms with Crippen LogP contribution in [0.25, 0.3) is 0 Å². The van der Waals surface area contributed by atoms with E-state index >= 15 is 0 Å². The Hall–Kier alpha value is -2.15. The lowest BCUT2D eigenvalue weighted by Crippen LogP contribution is -2.26. The van der Waals surface area contributed by atoms with Crippen molar-refractivity contribution in [1.29, 1.82) is 0 Å². The van der Waals surface area contributed by atoms with Gasteiger partial charge in [-0.2, -0.15) is 0 Å². The third-order valence-electron chi connectivity index (χ3n) is 2.82. The summed E-state index contributed by atoms with van der Waals surface area (Å²) in [4.78, 5) is 21.6. The molecule has 1 aromatic carbocycles. The summed E-state index contributed by atoms with van der Waals surface area (Å²) in [6.07, 6.45) is 1.57. The van der Waals surface area contributed by atoms with Crippen LogP contribution >= 0.6 is 0 Å². The van der Waals surface area contributed by atoms with Crippen molar-refractivity contribution >= 4 is 17.3 Å². The van der Waals surface area contributed by atoms with Crippen LogP contribution in [0.3, 0.4) is 0 Å². The van der Waals surface area contributed by atoms with Crippen LogP contribution in [0.4, 0.5) is 11.4 Å². The Morgan fingerprint density at radius 1 is 1.55 bits per heavy atom. The van der Waals surface area contributed by atoms with Crippen molar-refractivity contribution in [2.45, 2.75) is 25.8 Å². The summed E-state index contributed by atoms with van der Waals surface area (Å²) < 4.78 is 5.05. The van der Waals surface area contributed by atoms with Crippen molar-refractivity contribution in [3.8, 4) is 0 Å². The largest absolute Gasteiger partial charge is 0.478 e. The van der Waals surface area contributed by atoms with Gasteiger partial charge in [0.2, 0.25) is 0 Å². The minimum Gasteiger partial charge on any atom is -0.478 e. The van der Waals surface area contributed by atoms with E-state index in [1.807, 2.05) is 6.92 Å². The molecule has 7 heteroatoms. The second-order valence-electron chi connectivity index (χ2n) is 4.35. The number of nitrogens with one attached hydrogen (secondary N) is 1. The first-order valence-electron chi connectivity index (χ1n) is 6.27. The van der Waals surface area contributed by atoms with E-state index in [1.165, 1.54) is 25.3 Å². The van der Waals surface area contributed by atoms with Gasteiger partial charge in [-0.1, -0.05) is 19.4 Å². The molecule has 0 spiro atoms. The van der Waals surface area contributed by atoms with E-state index in [2.05, 4.69) is 5.32 Å². The lowest BCUT2D eigenvalue weighted by Gasteiger charge is -2.19. The predicted octanol–water partition coefficient (Wildman–Crippen LogP) is 2.52. The van der Waals surface area contributed by atoms with Crippen molar-refractivity contribution < 1.29 is 19.6 Å². The lowest BCUT2D eigenvalue weighted by atomic mass is 10.1. The highest BCUT2D eigenvalue weighted by Crippen LogP contribution is 2.29. The van der Waals surface area contributed by atoms with E-state index in [4.69, 9.17) is 9.84 Å². The van der Waals surface area contributed by atoms with Crippen LogP contribution in [0.15, 0.2) is 18.2 Å². The van der Waals surface area contributed by atoms with Crippen LogP contribution in [0, 0.1) is 10.1 Å². The van der Waals surface area contributed by atoms with Gasteiger partial charge in [-0.15, -0.1) is 0 Å². The number of benzene rings is 1. The molecule has 2 N–H and O–H groups in total. The van der Waals surface area contributed by atoms with Gasteiger partial charge in [0, 0.05) is 19.2 Å². The Balaban J connectivity index is 3.18. The van der Waals surface area contributed by atoms with Gasteiger partial charge in [0.15, 0.2) is 0 Å². The standard InChI is InChI=1S/C13H18N2O5/c1-3-5-9(8-20-2)14-12-10(13(16)17)6-4-7-11(12)15(18)19/h4,6-7,9,14H,3,5,8H2,1-2H3,(H,16,17). The number of rotatable bonds is 8. The fraction of sp³-hybridized carbons (Fsp3) is 0.462. The van der Waals surface area contributed by atoms with Gasteiger partial charge in [0.05, 0.1) is 17.1 Å². The molecule has 0 aliphatic carbocycles. The zero-order valence-electron chi connectivity index (χ0n) is 11.5. The van der Waals surface area contributed by atoms with Crippen LogP contribution < -0.4 is 5.32 Å². The predicted molar refractivity (Wildman–Crippen MR) is 74.3 cm³/mol. The maximum atomic E-state index is 11.2. The first kappa shape index (κ1) is 15.9. The molecule has 0 saturated carbocycles. The SMILES string of the molecule is CCCC(COC)Nc1c(C(=O)O)cccc1[N+](=O)[O-]. The van der Waals surface area contributed by atoms with E-state index in [1.54, 1.807) is 0 Å². The average Bonchev–Trinajstić information content (AvgIpc) is 2.39. The van der Waals surface area contributed by atoms with Crippen LogP contribution in [-0.2, 0) is 4.74 Å². The molecule has 0 amide bonds. The number of hydrogen-bond donors (Lipinski definition) is 2. The number of nitrogens with zero attached hydrogens (tertiary/aromatic N) is 1. The second-order valence-corrected chi connectivity index (χ2v) is 4.35. The lowest BCUT2D eigenvalue weighted by molar-refractivity contribution is -0.384. The molecule has 1 atom stereocenters. The van der Waals surface area contributed by atoms with Crippen molar-refractivity contribution in [3.63, 3.8) is 0 Å². The summed E-state index contributed by atoms with van der Waals surface area (Å²) in [7, 11) is 1.53. The third-order valence-corrected chi connectivity index (χ3v) is 2.82. The van der Waals surface area contributed by atoms with Crippen molar-refractivity contribution in [2.24, 2.45) is 0 Å². The Kier molecular flexibility index (Phi) is 5.92. The molecule has 0 aromatic heterocycles. The summed E-state index contributed by atoms with van der Waals surface area (Å²) in [6, 6.07) is 3.81. The first-order chi connectivity index (χ1) is 9.51. The number of aromatic carboxylic acids is 1. The van der Waals surface area contributed by atoms with E-state index in [0.29, 0.717) is 6.61 Å². The van der Waals surface area contributed by atoms with Crippen molar-refractivity contribution in [2.75, 3.05) is 19.0 Å². The fourth-order valence-corrected chi connectivity index (χ4v) is 1.97. The highest BCUT2D eigenvalue weighted by atomic mass is 16.6. The molecule has 110 valence electrons. The molecule has 20 heavy (non-hydrogen) atoms. The average molecular weight is 282 g/mol. The monoisotopic (exact) mass is 282 g/mol. The normalized spacial score (nSPS) is 11.9. The number of carbonyl (C=O) groups is 1. The highest BCUT2D eigenvalue weighted by molar-refractivity contribution is 5.96. The van der Waals surface area contributed by atoms with E-state index in [-0.39, 0.29) is 23.0 Å². The van der Waals surface area contributed by atoms with Crippen LogP contribution in [0.1, 0.15) is 30.1 Å². The minimum atomic E-state index is -1.20. The Morgan fingerprint density at radius 3 is 2.75 bits per heavy atom. The number of anilines is 1. The fourth-order valence-electron chi connectivity index (χ4n) is 1.97. The Morgan fingerprint density at radius 2 is 2.25 bits per heavy atom. The number of para-hydroxylation sites is 1. The smallest absolute Gasteiger partial charge is 0.338 e. The highest BCUT2D eigenvalue weighted by Gasteiger charge is 2.23. The molecule has 1 rings (SSSR count). The number of methoxy groups -OCH3 is 1. The van der Waals surface area contributed by atoms with E-state index in [9.17, 15) is 14.9 Å². The summed E-state index contributed by atoms with van der Waals surface area (Å²) >= 11 is 0. The van der Waals surface area contributed by atoms with Gasteiger partial charge in [0.1, 0.15) is 5.69 Å². The molecule has 0 saturated heterocycles.